The van der Waals surface area contributed by atoms with Crippen molar-refractivity contribution in [3.05, 3.63) is 0 Å². The highest BCUT2D eigenvalue weighted by atomic mass is 16.5. The lowest BCUT2D eigenvalue weighted by atomic mass is 9.93. The monoisotopic (exact) mass is 208 g/mol. The van der Waals surface area contributed by atoms with Gasteiger partial charge in [-0.15, -0.1) is 0 Å². The molecule has 2 aliphatic rings. The number of carbonyl (C=O) groups is 1. The second-order valence-electron chi connectivity index (χ2n) is 4.39. The molecule has 1 spiro atoms. The normalized spacial score (nSPS) is 30.5. The van der Waals surface area contributed by atoms with Crippen molar-refractivity contribution in [3.63, 3.8) is 0 Å². The number of carbonyl (C=O) groups excluding carboxylic acids is 1. The van der Waals surface area contributed by atoms with E-state index in [1.165, 1.54) is 6.42 Å². The molecule has 2 fully saturated rings. The fourth-order valence-corrected chi connectivity index (χ4v) is 2.47. The molecule has 2 heterocycles. The van der Waals surface area contributed by atoms with Crippen molar-refractivity contribution < 1.29 is 9.53 Å². The van der Waals surface area contributed by atoms with E-state index in [-0.39, 0.29) is 17.9 Å². The van der Waals surface area contributed by atoms with Crippen molar-refractivity contribution in [1.82, 2.24) is 4.90 Å². The molecule has 0 aromatic heterocycles. The van der Waals surface area contributed by atoms with Crippen molar-refractivity contribution in [2.75, 3.05) is 19.7 Å². The Balaban J connectivity index is 1.93. The fraction of sp³-hybridized carbons (Fsp3) is 0.818. The summed E-state index contributed by atoms with van der Waals surface area (Å²) in [5.74, 6) is -0.0523. The third-order valence-corrected chi connectivity index (χ3v) is 3.33. The molecular weight excluding hydrogens is 192 g/mol. The second-order valence-corrected chi connectivity index (χ2v) is 4.39. The lowest BCUT2D eigenvalue weighted by Crippen LogP contribution is -2.40. The number of nitrogens with zero attached hydrogens (tertiary/aromatic N) is 2. The zero-order valence-corrected chi connectivity index (χ0v) is 8.87. The van der Waals surface area contributed by atoms with Crippen LogP contribution in [-0.2, 0) is 9.53 Å². The number of ether oxygens (including phenoxy) is 1. The van der Waals surface area contributed by atoms with E-state index in [0.29, 0.717) is 6.54 Å². The maximum Gasteiger partial charge on any atom is 0.236 e. The van der Waals surface area contributed by atoms with Gasteiger partial charge in [0.2, 0.25) is 5.91 Å². The molecule has 0 bridgehead atoms. The van der Waals surface area contributed by atoms with E-state index in [4.69, 9.17) is 10.00 Å². The molecule has 1 unspecified atom stereocenters. The van der Waals surface area contributed by atoms with Gasteiger partial charge in [-0.05, 0) is 25.7 Å². The Morgan fingerprint density at radius 2 is 2.33 bits per heavy atom. The van der Waals surface area contributed by atoms with Crippen LogP contribution in [0, 0.1) is 11.3 Å². The molecule has 4 nitrogen and oxygen atoms in total. The van der Waals surface area contributed by atoms with Crippen LogP contribution in [0.2, 0.25) is 0 Å². The van der Waals surface area contributed by atoms with Crippen molar-refractivity contribution >= 4 is 5.91 Å². The van der Waals surface area contributed by atoms with Crippen molar-refractivity contribution in [2.45, 2.75) is 37.7 Å². The summed E-state index contributed by atoms with van der Waals surface area (Å²) < 4.78 is 5.81. The molecule has 0 N–H and O–H groups in total. The maximum absolute atomic E-state index is 11.5. The van der Waals surface area contributed by atoms with Crippen LogP contribution in [0.4, 0.5) is 0 Å². The van der Waals surface area contributed by atoms with Crippen LogP contribution in [0.15, 0.2) is 0 Å². The summed E-state index contributed by atoms with van der Waals surface area (Å²) in [6.07, 6.45) is 4.32. The maximum atomic E-state index is 11.5. The van der Waals surface area contributed by atoms with Crippen molar-refractivity contribution in [2.24, 2.45) is 0 Å². The standard InChI is InChI=1S/C11H16N2O2/c12-6-3-10(14)13-7-5-11(9-13)4-1-2-8-15-11/h1-5,7-9H2. The molecule has 4 heteroatoms. The number of rotatable bonds is 1. The number of hydrogen-bond acceptors (Lipinski definition) is 3. The molecule has 15 heavy (non-hydrogen) atoms. The van der Waals surface area contributed by atoms with E-state index < -0.39 is 0 Å². The van der Waals surface area contributed by atoms with Gasteiger partial charge in [-0.25, -0.2) is 0 Å². The number of hydrogen-bond donors (Lipinski definition) is 0. The molecule has 0 aromatic carbocycles. The summed E-state index contributed by atoms with van der Waals surface area (Å²) in [6, 6.07) is 1.90. The quantitative estimate of drug-likeness (QED) is 0.647. The molecule has 2 aliphatic heterocycles. The third kappa shape index (κ3) is 2.13. The van der Waals surface area contributed by atoms with E-state index in [1.54, 1.807) is 4.90 Å². The molecule has 1 atom stereocenters. The van der Waals surface area contributed by atoms with Crippen LogP contribution in [-0.4, -0.2) is 36.1 Å². The summed E-state index contributed by atoms with van der Waals surface area (Å²) >= 11 is 0. The summed E-state index contributed by atoms with van der Waals surface area (Å²) in [6.45, 7) is 2.26. The lowest BCUT2D eigenvalue weighted by Gasteiger charge is -2.33. The predicted octanol–water partition coefficient (Wildman–Crippen LogP) is 1.07. The Bertz CT molecular complexity index is 289. The van der Waals surface area contributed by atoms with Gasteiger partial charge in [0.15, 0.2) is 0 Å². The Kier molecular flexibility index (Phi) is 2.92. The molecule has 2 rings (SSSR count). The van der Waals surface area contributed by atoms with E-state index in [0.717, 1.165) is 32.4 Å². The molecule has 0 radical (unpaired) electrons. The highest BCUT2D eigenvalue weighted by molar-refractivity contribution is 5.78. The van der Waals surface area contributed by atoms with Gasteiger partial charge >= 0.3 is 0 Å². The van der Waals surface area contributed by atoms with E-state index in [2.05, 4.69) is 0 Å². The first kappa shape index (κ1) is 10.4. The van der Waals surface area contributed by atoms with E-state index in [1.807, 2.05) is 6.07 Å². The molecule has 1 amide bonds. The highest BCUT2D eigenvalue weighted by Gasteiger charge is 2.41. The van der Waals surface area contributed by atoms with Crippen LogP contribution in [0.5, 0.6) is 0 Å². The minimum Gasteiger partial charge on any atom is -0.373 e. The molecular formula is C11H16N2O2. The first-order valence-electron chi connectivity index (χ1n) is 5.54. The SMILES string of the molecule is N#CCC(=O)N1CCC2(CCCCO2)C1. The highest BCUT2D eigenvalue weighted by Crippen LogP contribution is 2.34. The second kappa shape index (κ2) is 4.19. The Labute approximate surface area is 89.8 Å². The van der Waals surface area contributed by atoms with Crippen LogP contribution in [0.3, 0.4) is 0 Å². The zero-order valence-electron chi connectivity index (χ0n) is 8.87. The van der Waals surface area contributed by atoms with Gasteiger partial charge < -0.3 is 9.64 Å². The smallest absolute Gasteiger partial charge is 0.236 e. The van der Waals surface area contributed by atoms with Gasteiger partial charge in [0.1, 0.15) is 6.42 Å². The van der Waals surface area contributed by atoms with Gasteiger partial charge in [0.05, 0.1) is 11.7 Å². The molecule has 0 aromatic rings. The van der Waals surface area contributed by atoms with Gasteiger partial charge in [-0.3, -0.25) is 4.79 Å². The molecule has 82 valence electrons. The Hall–Kier alpha value is -1.08. The van der Waals surface area contributed by atoms with Crippen LogP contribution < -0.4 is 0 Å². The van der Waals surface area contributed by atoms with Gasteiger partial charge in [0.25, 0.3) is 0 Å². The first-order valence-corrected chi connectivity index (χ1v) is 5.54. The van der Waals surface area contributed by atoms with Crippen LogP contribution >= 0.6 is 0 Å². The lowest BCUT2D eigenvalue weighted by molar-refractivity contribution is -0.131. The van der Waals surface area contributed by atoms with E-state index in [9.17, 15) is 4.79 Å². The minimum absolute atomic E-state index is 0.00389. The zero-order chi connectivity index (χ0) is 10.7. The Morgan fingerprint density at radius 1 is 1.47 bits per heavy atom. The molecule has 2 saturated heterocycles. The fourth-order valence-electron chi connectivity index (χ4n) is 2.47. The van der Waals surface area contributed by atoms with E-state index >= 15 is 0 Å². The summed E-state index contributed by atoms with van der Waals surface area (Å²) in [7, 11) is 0. The largest absolute Gasteiger partial charge is 0.373 e. The summed E-state index contributed by atoms with van der Waals surface area (Å²) in [5.41, 5.74) is -0.0800. The topological polar surface area (TPSA) is 53.3 Å². The van der Waals surface area contributed by atoms with Crippen molar-refractivity contribution in [3.8, 4) is 6.07 Å². The first-order chi connectivity index (χ1) is 7.26. The van der Waals surface area contributed by atoms with Crippen LogP contribution in [0.1, 0.15) is 32.1 Å². The molecule has 0 aliphatic carbocycles. The molecule has 0 saturated carbocycles. The average molecular weight is 208 g/mol. The van der Waals surface area contributed by atoms with Crippen molar-refractivity contribution in [1.29, 1.82) is 5.26 Å². The minimum atomic E-state index is -0.0800. The van der Waals surface area contributed by atoms with Gasteiger partial charge in [-0.1, -0.05) is 0 Å². The Morgan fingerprint density at radius 3 is 3.00 bits per heavy atom. The average Bonchev–Trinajstić information content (AvgIpc) is 2.64. The van der Waals surface area contributed by atoms with Gasteiger partial charge in [-0.2, -0.15) is 5.26 Å². The number of likely N-dealkylation sites (tertiary alicyclic amines) is 1. The number of amides is 1. The number of nitriles is 1. The summed E-state index contributed by atoms with van der Waals surface area (Å²) in [5, 5.41) is 8.47. The third-order valence-electron chi connectivity index (χ3n) is 3.33. The van der Waals surface area contributed by atoms with Crippen LogP contribution in [0.25, 0.3) is 0 Å². The summed E-state index contributed by atoms with van der Waals surface area (Å²) in [4.78, 5) is 13.3. The predicted molar refractivity (Wildman–Crippen MR) is 54.0 cm³/mol. The van der Waals surface area contributed by atoms with Gasteiger partial charge in [0, 0.05) is 19.7 Å².